The Hall–Kier alpha value is -7.16. The summed E-state index contributed by atoms with van der Waals surface area (Å²) in [7, 11) is 0. The van der Waals surface area contributed by atoms with Gasteiger partial charge < -0.3 is 39.5 Å². The molecule has 0 aliphatic carbocycles. The Labute approximate surface area is 416 Å². The lowest BCUT2D eigenvalue weighted by Gasteiger charge is -2.33. The van der Waals surface area contributed by atoms with Crippen LogP contribution in [-0.2, 0) is 52.6 Å². The van der Waals surface area contributed by atoms with Crippen LogP contribution in [0.5, 0.6) is 0 Å². The summed E-state index contributed by atoms with van der Waals surface area (Å²) in [6.45, 7) is 8.86. The number of para-hydroxylation sites is 2. The second kappa shape index (κ2) is 23.4. The van der Waals surface area contributed by atoms with E-state index in [4.69, 9.17) is 18.9 Å². The fourth-order valence-corrected chi connectivity index (χ4v) is 9.18. The Bertz CT molecular complexity index is 2790. The maximum atomic E-state index is 14.1. The first kappa shape index (κ1) is 51.2. The molecule has 1 atom stereocenters. The number of nitrogens with zero attached hydrogens (tertiary/aromatic N) is 4. The topological polar surface area (TPSA) is 248 Å². The SMILES string of the molecule is CC(C)(C)OC(=O)N1CCC(c2[nH]n(-c3nc4ccccc4[nH]3)c(=O)c2CCc2ccc(CCCOCC(=O)NCCOCCOCCNc3cccc4c3C(=O)N(C3CCC(=O)NC3=O)C4=O)cc2)CC1. The number of hydrogen-bond acceptors (Lipinski definition) is 13. The lowest BCUT2D eigenvalue weighted by molar-refractivity contribution is -0.136. The fourth-order valence-electron chi connectivity index (χ4n) is 9.18. The molecule has 3 aromatic carbocycles. The molecule has 2 aromatic heterocycles. The second-order valence-electron chi connectivity index (χ2n) is 19.1. The highest BCUT2D eigenvalue weighted by Crippen LogP contribution is 2.33. The summed E-state index contributed by atoms with van der Waals surface area (Å²) in [6, 6.07) is 19.9. The Morgan fingerprint density at radius 1 is 0.778 bits per heavy atom. The number of fused-ring (bicyclic) bond motifs is 2. The van der Waals surface area contributed by atoms with Gasteiger partial charge in [0.2, 0.25) is 23.7 Å². The molecule has 1 unspecified atom stereocenters. The van der Waals surface area contributed by atoms with Gasteiger partial charge in [-0.15, -0.1) is 0 Å². The van der Waals surface area contributed by atoms with Crippen LogP contribution in [0, 0.1) is 0 Å². The molecule has 0 spiro atoms. The number of aryl methyl sites for hydroxylation is 2. The Morgan fingerprint density at radius 2 is 1.50 bits per heavy atom. The summed E-state index contributed by atoms with van der Waals surface area (Å²) in [6.07, 6.45) is 3.91. The van der Waals surface area contributed by atoms with Gasteiger partial charge in [0.05, 0.1) is 48.6 Å². The molecule has 382 valence electrons. The number of ether oxygens (including phenoxy) is 4. The van der Waals surface area contributed by atoms with Crippen LogP contribution in [-0.4, -0.2) is 143 Å². The summed E-state index contributed by atoms with van der Waals surface area (Å²) >= 11 is 0. The molecular formula is C52H63N9O11. The number of likely N-dealkylation sites (tertiary alicyclic amines) is 1. The van der Waals surface area contributed by atoms with Gasteiger partial charge in [-0.05, 0) is 101 Å². The average Bonchev–Trinajstić information content (AvgIpc) is 4.02. The number of benzene rings is 3. The second-order valence-corrected chi connectivity index (χ2v) is 19.1. The Morgan fingerprint density at radius 3 is 2.22 bits per heavy atom. The van der Waals surface area contributed by atoms with Crippen molar-refractivity contribution in [1.29, 1.82) is 0 Å². The number of carbonyl (C=O) groups is 6. The van der Waals surface area contributed by atoms with E-state index in [9.17, 15) is 33.6 Å². The largest absolute Gasteiger partial charge is 0.444 e. The van der Waals surface area contributed by atoms with Crippen molar-refractivity contribution in [3.05, 3.63) is 111 Å². The van der Waals surface area contributed by atoms with Gasteiger partial charge in [-0.1, -0.05) is 42.5 Å². The van der Waals surface area contributed by atoms with Crippen LogP contribution >= 0.6 is 0 Å². The molecule has 0 saturated carbocycles. The van der Waals surface area contributed by atoms with Gasteiger partial charge in [-0.25, -0.2) is 9.78 Å². The number of amides is 6. The summed E-state index contributed by atoms with van der Waals surface area (Å²) in [4.78, 5) is 100. The van der Waals surface area contributed by atoms with Crippen molar-refractivity contribution in [1.82, 2.24) is 40.2 Å². The number of nitrogens with one attached hydrogen (secondary N) is 5. The highest BCUT2D eigenvalue weighted by molar-refractivity contribution is 6.25. The molecule has 0 radical (unpaired) electrons. The van der Waals surface area contributed by atoms with Crippen LogP contribution in [0.3, 0.4) is 0 Å². The van der Waals surface area contributed by atoms with Gasteiger partial charge >= 0.3 is 6.09 Å². The number of aromatic nitrogens is 4. The first-order valence-corrected chi connectivity index (χ1v) is 24.7. The van der Waals surface area contributed by atoms with Crippen molar-refractivity contribution in [2.45, 2.75) is 89.7 Å². The number of imidazole rings is 1. The zero-order chi connectivity index (χ0) is 50.8. The molecular weight excluding hydrogens is 927 g/mol. The quantitative estimate of drug-likeness (QED) is 0.0472. The van der Waals surface area contributed by atoms with E-state index in [1.807, 2.05) is 45.0 Å². The molecule has 3 aliphatic heterocycles. The number of rotatable bonds is 22. The van der Waals surface area contributed by atoms with Crippen LogP contribution < -0.4 is 21.5 Å². The zero-order valence-electron chi connectivity index (χ0n) is 41.0. The summed E-state index contributed by atoms with van der Waals surface area (Å²) in [5, 5.41) is 11.5. The molecule has 8 rings (SSSR count). The lowest BCUT2D eigenvalue weighted by Crippen LogP contribution is -2.54. The summed E-state index contributed by atoms with van der Waals surface area (Å²) in [5.74, 6) is -1.99. The molecule has 5 N–H and O–H groups in total. The Balaban J connectivity index is 0.696. The van der Waals surface area contributed by atoms with E-state index in [-0.39, 0.29) is 54.1 Å². The van der Waals surface area contributed by atoms with E-state index in [1.165, 1.54) is 10.7 Å². The molecule has 72 heavy (non-hydrogen) atoms. The van der Waals surface area contributed by atoms with E-state index < -0.39 is 35.3 Å². The van der Waals surface area contributed by atoms with Gasteiger partial charge in [-0.2, -0.15) is 4.68 Å². The van der Waals surface area contributed by atoms with Crippen LogP contribution in [0.2, 0.25) is 0 Å². The molecule has 2 saturated heterocycles. The molecule has 2 fully saturated rings. The minimum Gasteiger partial charge on any atom is -0.444 e. The average molecular weight is 990 g/mol. The van der Waals surface area contributed by atoms with Crippen molar-refractivity contribution < 1.29 is 47.7 Å². The fraction of sp³-hybridized carbons (Fsp3) is 0.462. The van der Waals surface area contributed by atoms with Gasteiger partial charge in [-0.3, -0.25) is 44.1 Å². The van der Waals surface area contributed by atoms with Gasteiger partial charge in [0, 0.05) is 62.1 Å². The molecule has 0 bridgehead atoms. The molecule has 5 heterocycles. The van der Waals surface area contributed by atoms with E-state index in [0.717, 1.165) is 51.2 Å². The predicted molar refractivity (Wildman–Crippen MR) is 265 cm³/mol. The normalized spacial score (nSPS) is 16.3. The van der Waals surface area contributed by atoms with Crippen LogP contribution in [0.1, 0.15) is 102 Å². The highest BCUT2D eigenvalue weighted by atomic mass is 16.6. The van der Waals surface area contributed by atoms with Crippen LogP contribution in [0.15, 0.2) is 71.5 Å². The molecule has 5 aromatic rings. The number of hydrogen-bond donors (Lipinski definition) is 5. The first-order chi connectivity index (χ1) is 34.7. The minimum atomic E-state index is -1.04. The van der Waals surface area contributed by atoms with E-state index in [2.05, 4.69) is 55.3 Å². The van der Waals surface area contributed by atoms with Crippen molar-refractivity contribution in [2.75, 3.05) is 71.1 Å². The van der Waals surface area contributed by atoms with E-state index in [0.29, 0.717) is 96.5 Å². The Kier molecular flexibility index (Phi) is 16.6. The lowest BCUT2D eigenvalue weighted by atomic mass is 9.90. The van der Waals surface area contributed by atoms with Crippen molar-refractivity contribution in [3.8, 4) is 5.95 Å². The van der Waals surface area contributed by atoms with Crippen LogP contribution in [0.25, 0.3) is 17.0 Å². The van der Waals surface area contributed by atoms with Crippen molar-refractivity contribution in [3.63, 3.8) is 0 Å². The highest BCUT2D eigenvalue weighted by Gasteiger charge is 2.45. The number of imide groups is 2. The smallest absolute Gasteiger partial charge is 0.410 e. The zero-order valence-corrected chi connectivity index (χ0v) is 41.0. The summed E-state index contributed by atoms with van der Waals surface area (Å²) in [5.41, 5.74) is 5.57. The van der Waals surface area contributed by atoms with Crippen molar-refractivity contribution >= 4 is 52.3 Å². The number of H-pyrrole nitrogens is 2. The minimum absolute atomic E-state index is 0.0473. The first-order valence-electron chi connectivity index (χ1n) is 24.7. The molecule has 20 heteroatoms. The standard InChI is InChI=1S/C52H63N9O11/c1-52(2,3)72-51(68)59-25-21-35(22-26-59)45-37(48(66)61(58-45)50-55-38-10-4-5-11-39(38)56-50)18-17-34-15-13-33(14-16-34)8-7-27-71-32-43(63)54-24-29-70-31-30-69-28-23-53-40-12-6-9-36-44(40)49(67)60(47(36)65)41-19-20-42(62)57-46(41)64/h4-6,9-16,35,41,53,58H,7-8,17-32H2,1-3H3,(H,54,63)(H,55,56)(H,57,62,64). The molecule has 3 aliphatic rings. The van der Waals surface area contributed by atoms with E-state index >= 15 is 0 Å². The molecule has 6 amide bonds. The third-order valence-corrected chi connectivity index (χ3v) is 12.8. The maximum absolute atomic E-state index is 14.1. The van der Waals surface area contributed by atoms with Crippen LogP contribution in [0.4, 0.5) is 10.5 Å². The monoisotopic (exact) mass is 989 g/mol. The third kappa shape index (κ3) is 12.6. The van der Waals surface area contributed by atoms with Crippen molar-refractivity contribution in [2.24, 2.45) is 0 Å². The third-order valence-electron chi connectivity index (χ3n) is 12.8. The van der Waals surface area contributed by atoms with E-state index in [1.54, 1.807) is 17.0 Å². The predicted octanol–water partition coefficient (Wildman–Crippen LogP) is 4.55. The number of carbonyl (C=O) groups excluding carboxylic acids is 6. The number of aromatic amines is 2. The number of anilines is 1. The van der Waals surface area contributed by atoms with Gasteiger partial charge in [0.15, 0.2) is 0 Å². The molecule has 20 nitrogen and oxygen atoms in total. The van der Waals surface area contributed by atoms with Gasteiger partial charge in [0.25, 0.3) is 17.4 Å². The van der Waals surface area contributed by atoms with Gasteiger partial charge in [0.1, 0.15) is 18.2 Å². The summed E-state index contributed by atoms with van der Waals surface area (Å²) < 4.78 is 23.9. The maximum Gasteiger partial charge on any atom is 0.410 e. The number of piperidine rings is 2.